The van der Waals surface area contributed by atoms with Gasteiger partial charge in [-0.05, 0) is 37.1 Å². The van der Waals surface area contributed by atoms with Crippen molar-refractivity contribution in [3.05, 3.63) is 45.7 Å². The van der Waals surface area contributed by atoms with E-state index in [-0.39, 0.29) is 5.56 Å². The van der Waals surface area contributed by atoms with Crippen molar-refractivity contribution in [2.24, 2.45) is 0 Å². The third-order valence-electron chi connectivity index (χ3n) is 2.76. The van der Waals surface area contributed by atoms with Gasteiger partial charge in [0.1, 0.15) is 5.56 Å². The summed E-state index contributed by atoms with van der Waals surface area (Å²) >= 11 is 3.40. The molecule has 1 aromatic heterocycles. The number of benzene rings is 1. The minimum Gasteiger partial charge on any atom is -0.478 e. The van der Waals surface area contributed by atoms with Crippen molar-refractivity contribution in [2.75, 3.05) is 0 Å². The minimum atomic E-state index is -0.937. The second-order valence-electron chi connectivity index (χ2n) is 4.02. The SMILES string of the molecule is CCc1nn(-c2ccc(Br)cc2C)cc1C(=O)O. The standard InChI is InChI=1S/C13H13BrN2O2/c1-3-11-10(13(17)18)7-16(15-11)12-5-4-9(14)6-8(12)2/h4-7H,3H2,1-2H3,(H,17,18). The van der Waals surface area contributed by atoms with Gasteiger partial charge in [0.2, 0.25) is 0 Å². The average molecular weight is 309 g/mol. The number of halogens is 1. The molecule has 1 aromatic carbocycles. The van der Waals surface area contributed by atoms with E-state index in [0.29, 0.717) is 12.1 Å². The van der Waals surface area contributed by atoms with Gasteiger partial charge < -0.3 is 5.11 Å². The number of aryl methyl sites for hydroxylation is 2. The average Bonchev–Trinajstić information content (AvgIpc) is 2.73. The van der Waals surface area contributed by atoms with E-state index in [0.717, 1.165) is 15.7 Å². The number of carboxylic acid groups (broad SMARTS) is 1. The number of rotatable bonds is 3. The molecule has 0 radical (unpaired) electrons. The van der Waals surface area contributed by atoms with Crippen molar-refractivity contribution in [2.45, 2.75) is 20.3 Å². The van der Waals surface area contributed by atoms with Crippen LogP contribution in [0.25, 0.3) is 5.69 Å². The summed E-state index contributed by atoms with van der Waals surface area (Å²) in [5, 5.41) is 13.4. The zero-order chi connectivity index (χ0) is 13.3. The molecule has 18 heavy (non-hydrogen) atoms. The predicted molar refractivity (Wildman–Crippen MR) is 72.3 cm³/mol. The number of hydrogen-bond donors (Lipinski definition) is 1. The molecule has 0 atom stereocenters. The van der Waals surface area contributed by atoms with Crippen molar-refractivity contribution in [1.29, 1.82) is 0 Å². The Kier molecular flexibility index (Phi) is 3.52. The maximum atomic E-state index is 11.1. The lowest BCUT2D eigenvalue weighted by atomic mass is 10.2. The van der Waals surface area contributed by atoms with E-state index < -0.39 is 5.97 Å². The van der Waals surface area contributed by atoms with Gasteiger partial charge in [0.25, 0.3) is 0 Å². The van der Waals surface area contributed by atoms with Crippen molar-refractivity contribution < 1.29 is 9.90 Å². The van der Waals surface area contributed by atoms with Crippen LogP contribution in [0, 0.1) is 6.92 Å². The maximum Gasteiger partial charge on any atom is 0.339 e. The van der Waals surface area contributed by atoms with Crippen LogP contribution in [0.15, 0.2) is 28.9 Å². The third-order valence-corrected chi connectivity index (χ3v) is 3.25. The Balaban J connectivity index is 2.54. The van der Waals surface area contributed by atoms with Crippen molar-refractivity contribution in [3.8, 4) is 5.69 Å². The first-order valence-electron chi connectivity index (χ1n) is 5.61. The van der Waals surface area contributed by atoms with E-state index in [9.17, 15) is 4.79 Å². The molecular weight excluding hydrogens is 296 g/mol. The van der Waals surface area contributed by atoms with Gasteiger partial charge in [-0.3, -0.25) is 0 Å². The first kappa shape index (κ1) is 12.8. The van der Waals surface area contributed by atoms with Crippen LogP contribution in [0.5, 0.6) is 0 Å². The highest BCUT2D eigenvalue weighted by Crippen LogP contribution is 2.20. The Hall–Kier alpha value is -1.62. The molecule has 0 bridgehead atoms. The van der Waals surface area contributed by atoms with Crippen LogP contribution >= 0.6 is 15.9 Å². The number of nitrogens with zero attached hydrogens (tertiary/aromatic N) is 2. The molecule has 1 N–H and O–H groups in total. The molecule has 0 fully saturated rings. The Labute approximate surface area is 113 Å². The molecule has 0 aliphatic heterocycles. The zero-order valence-electron chi connectivity index (χ0n) is 10.1. The molecule has 4 nitrogen and oxygen atoms in total. The van der Waals surface area contributed by atoms with Crippen LogP contribution in [0.1, 0.15) is 28.5 Å². The molecular formula is C13H13BrN2O2. The Morgan fingerprint density at radius 3 is 2.72 bits per heavy atom. The van der Waals surface area contributed by atoms with Crippen LogP contribution in [-0.2, 0) is 6.42 Å². The monoisotopic (exact) mass is 308 g/mol. The summed E-state index contributed by atoms with van der Waals surface area (Å²) in [5.41, 5.74) is 2.79. The summed E-state index contributed by atoms with van der Waals surface area (Å²) in [5.74, 6) is -0.937. The van der Waals surface area contributed by atoms with E-state index in [1.807, 2.05) is 32.0 Å². The van der Waals surface area contributed by atoms with Crippen molar-refractivity contribution in [3.63, 3.8) is 0 Å². The fraction of sp³-hybridized carbons (Fsp3) is 0.231. The van der Waals surface area contributed by atoms with Crippen LogP contribution in [0.4, 0.5) is 0 Å². The van der Waals surface area contributed by atoms with Gasteiger partial charge in [-0.25, -0.2) is 9.48 Å². The van der Waals surface area contributed by atoms with Crippen molar-refractivity contribution >= 4 is 21.9 Å². The summed E-state index contributed by atoms with van der Waals surface area (Å²) in [4.78, 5) is 11.1. The summed E-state index contributed by atoms with van der Waals surface area (Å²) in [6.45, 7) is 3.86. The molecule has 2 rings (SSSR count). The van der Waals surface area contributed by atoms with Gasteiger partial charge in [-0.2, -0.15) is 5.10 Å². The molecule has 0 unspecified atom stereocenters. The molecule has 2 aromatic rings. The van der Waals surface area contributed by atoms with Gasteiger partial charge >= 0.3 is 5.97 Å². The lowest BCUT2D eigenvalue weighted by Crippen LogP contribution is -1.98. The Bertz CT molecular complexity index is 605. The number of aromatic carboxylic acids is 1. The van der Waals surface area contributed by atoms with Gasteiger partial charge in [0, 0.05) is 10.7 Å². The second kappa shape index (κ2) is 4.94. The highest BCUT2D eigenvalue weighted by molar-refractivity contribution is 9.10. The first-order valence-corrected chi connectivity index (χ1v) is 6.40. The lowest BCUT2D eigenvalue weighted by Gasteiger charge is -2.05. The van der Waals surface area contributed by atoms with E-state index in [2.05, 4.69) is 21.0 Å². The Morgan fingerprint density at radius 2 is 2.22 bits per heavy atom. The van der Waals surface area contributed by atoms with E-state index in [4.69, 9.17) is 5.11 Å². The van der Waals surface area contributed by atoms with E-state index in [1.165, 1.54) is 0 Å². The third kappa shape index (κ3) is 2.31. The molecule has 0 saturated heterocycles. The number of aromatic nitrogens is 2. The molecule has 5 heteroatoms. The van der Waals surface area contributed by atoms with Gasteiger partial charge in [0.05, 0.1) is 11.4 Å². The van der Waals surface area contributed by atoms with Crippen LogP contribution < -0.4 is 0 Å². The van der Waals surface area contributed by atoms with Crippen LogP contribution in [-0.4, -0.2) is 20.9 Å². The molecule has 1 heterocycles. The quantitative estimate of drug-likeness (QED) is 0.947. The molecule has 0 saturated carbocycles. The molecule has 0 spiro atoms. The number of carboxylic acids is 1. The molecule has 94 valence electrons. The lowest BCUT2D eigenvalue weighted by molar-refractivity contribution is 0.0695. The minimum absolute atomic E-state index is 0.264. The highest BCUT2D eigenvalue weighted by atomic mass is 79.9. The number of carbonyl (C=O) groups is 1. The fourth-order valence-electron chi connectivity index (χ4n) is 1.85. The highest BCUT2D eigenvalue weighted by Gasteiger charge is 2.15. The summed E-state index contributed by atoms with van der Waals surface area (Å²) in [6, 6.07) is 5.80. The van der Waals surface area contributed by atoms with Crippen LogP contribution in [0.3, 0.4) is 0 Å². The second-order valence-corrected chi connectivity index (χ2v) is 4.94. The van der Waals surface area contributed by atoms with E-state index >= 15 is 0 Å². The van der Waals surface area contributed by atoms with Crippen molar-refractivity contribution in [1.82, 2.24) is 9.78 Å². The largest absolute Gasteiger partial charge is 0.478 e. The van der Waals surface area contributed by atoms with Crippen LogP contribution in [0.2, 0.25) is 0 Å². The maximum absolute atomic E-state index is 11.1. The zero-order valence-corrected chi connectivity index (χ0v) is 11.7. The van der Waals surface area contributed by atoms with Gasteiger partial charge in [-0.1, -0.05) is 22.9 Å². The normalized spacial score (nSPS) is 10.6. The summed E-state index contributed by atoms with van der Waals surface area (Å²) in [7, 11) is 0. The molecule has 0 aliphatic rings. The smallest absolute Gasteiger partial charge is 0.339 e. The van der Waals surface area contributed by atoms with Gasteiger partial charge in [0.15, 0.2) is 0 Å². The molecule has 0 amide bonds. The Morgan fingerprint density at radius 1 is 1.50 bits per heavy atom. The predicted octanol–water partition coefficient (Wildman–Crippen LogP) is 3.20. The summed E-state index contributed by atoms with van der Waals surface area (Å²) < 4.78 is 2.62. The first-order chi connectivity index (χ1) is 8.52. The number of hydrogen-bond acceptors (Lipinski definition) is 2. The van der Waals surface area contributed by atoms with Gasteiger partial charge in [-0.15, -0.1) is 0 Å². The topological polar surface area (TPSA) is 55.1 Å². The summed E-state index contributed by atoms with van der Waals surface area (Å²) in [6.07, 6.45) is 2.17. The van der Waals surface area contributed by atoms with E-state index in [1.54, 1.807) is 10.9 Å². The fourth-order valence-corrected chi connectivity index (χ4v) is 2.32. The molecule has 0 aliphatic carbocycles.